The van der Waals surface area contributed by atoms with E-state index in [-0.39, 0.29) is 29.8 Å². The zero-order valence-corrected chi connectivity index (χ0v) is 12.7. The van der Waals surface area contributed by atoms with Crippen LogP contribution in [0.3, 0.4) is 0 Å². The minimum Gasteiger partial charge on any atom is -0.481 e. The number of carbonyl (C=O) groups is 2. The van der Waals surface area contributed by atoms with Crippen LogP contribution in [-0.2, 0) is 9.59 Å². The predicted octanol–water partition coefficient (Wildman–Crippen LogP) is 1.42. The van der Waals surface area contributed by atoms with E-state index in [9.17, 15) is 14.7 Å². The van der Waals surface area contributed by atoms with Crippen LogP contribution in [0.25, 0.3) is 0 Å². The molecule has 0 aromatic heterocycles. The Morgan fingerprint density at radius 2 is 1.86 bits per heavy atom. The molecule has 4 unspecified atom stereocenters. The molecule has 5 nitrogen and oxygen atoms in total. The molecule has 2 rings (SSSR count). The van der Waals surface area contributed by atoms with E-state index in [1.165, 1.54) is 0 Å². The van der Waals surface area contributed by atoms with Crippen LogP contribution in [0.1, 0.15) is 33.1 Å². The molecule has 0 radical (unpaired) electrons. The van der Waals surface area contributed by atoms with Gasteiger partial charge in [0.15, 0.2) is 0 Å². The predicted molar refractivity (Wildman–Crippen MR) is 78.5 cm³/mol. The second kappa shape index (κ2) is 6.18. The number of carbonyl (C=O) groups excluding carboxylic acids is 1. The van der Waals surface area contributed by atoms with Gasteiger partial charge in [0.2, 0.25) is 5.91 Å². The number of amides is 1. The number of hydrogen-bond acceptors (Lipinski definition) is 3. The largest absolute Gasteiger partial charge is 0.481 e. The molecule has 1 fully saturated rings. The highest BCUT2D eigenvalue weighted by molar-refractivity contribution is 5.86. The molecular formula is C16H25NO4. The Hall–Kier alpha value is -1.36. The first kappa shape index (κ1) is 16.0. The average molecular weight is 295 g/mol. The van der Waals surface area contributed by atoms with E-state index in [0.29, 0.717) is 13.0 Å². The summed E-state index contributed by atoms with van der Waals surface area (Å²) in [4.78, 5) is 23.8. The van der Waals surface area contributed by atoms with Crippen molar-refractivity contribution in [3.8, 4) is 0 Å². The van der Waals surface area contributed by atoms with Crippen molar-refractivity contribution >= 4 is 11.9 Å². The molecule has 0 spiro atoms. The third-order valence-electron chi connectivity index (χ3n) is 4.80. The number of nitrogens with one attached hydrogen (secondary N) is 1. The van der Waals surface area contributed by atoms with Crippen molar-refractivity contribution in [3.05, 3.63) is 12.2 Å². The molecule has 5 heteroatoms. The minimum absolute atomic E-state index is 0.00523. The maximum absolute atomic E-state index is 12.4. The van der Waals surface area contributed by atoms with Gasteiger partial charge in [0, 0.05) is 13.2 Å². The van der Waals surface area contributed by atoms with Gasteiger partial charge in [-0.1, -0.05) is 26.0 Å². The molecule has 118 valence electrons. The minimum atomic E-state index is -0.869. The van der Waals surface area contributed by atoms with Crippen molar-refractivity contribution in [2.75, 3.05) is 13.2 Å². The van der Waals surface area contributed by atoms with Crippen molar-refractivity contribution in [3.63, 3.8) is 0 Å². The molecule has 0 aromatic carbocycles. The summed E-state index contributed by atoms with van der Waals surface area (Å²) < 4.78 is 0. The molecule has 0 heterocycles. The molecule has 2 bridgehead atoms. The van der Waals surface area contributed by atoms with Gasteiger partial charge in [-0.25, -0.2) is 0 Å². The molecule has 2 aliphatic carbocycles. The Morgan fingerprint density at radius 1 is 1.24 bits per heavy atom. The van der Waals surface area contributed by atoms with E-state index < -0.39 is 17.8 Å². The standard InChI is InChI=1S/C16H25NO4/c1-16(2,6-3-7-18)9-17-14(19)12-10-4-5-11(8-10)13(12)15(20)21/h4-5,10-13,18H,3,6-9H2,1-2H3,(H,17,19)(H,20,21). The highest BCUT2D eigenvalue weighted by Crippen LogP contribution is 2.48. The quantitative estimate of drug-likeness (QED) is 0.620. The highest BCUT2D eigenvalue weighted by Gasteiger charge is 2.51. The van der Waals surface area contributed by atoms with Crippen molar-refractivity contribution in [2.24, 2.45) is 29.1 Å². The summed E-state index contributed by atoms with van der Waals surface area (Å²) in [6.45, 7) is 4.74. The van der Waals surface area contributed by atoms with Gasteiger partial charge in [-0.3, -0.25) is 9.59 Å². The van der Waals surface area contributed by atoms with Crippen molar-refractivity contribution in [1.82, 2.24) is 5.32 Å². The monoisotopic (exact) mass is 295 g/mol. The summed E-state index contributed by atoms with van der Waals surface area (Å²) in [5.74, 6) is -1.96. The smallest absolute Gasteiger partial charge is 0.307 e. The fourth-order valence-corrected chi connectivity index (χ4v) is 3.61. The Morgan fingerprint density at radius 3 is 2.43 bits per heavy atom. The van der Waals surface area contributed by atoms with Gasteiger partial charge in [-0.05, 0) is 36.5 Å². The summed E-state index contributed by atoms with van der Waals surface area (Å²) in [5, 5.41) is 21.2. The molecule has 1 saturated carbocycles. The fourth-order valence-electron chi connectivity index (χ4n) is 3.61. The summed E-state index contributed by atoms with van der Waals surface area (Å²) in [6.07, 6.45) is 6.24. The number of aliphatic hydroxyl groups excluding tert-OH is 1. The highest BCUT2D eigenvalue weighted by atomic mass is 16.4. The van der Waals surface area contributed by atoms with Crippen LogP contribution in [-0.4, -0.2) is 35.2 Å². The van der Waals surface area contributed by atoms with Gasteiger partial charge in [-0.15, -0.1) is 0 Å². The van der Waals surface area contributed by atoms with Gasteiger partial charge >= 0.3 is 5.97 Å². The number of carboxylic acid groups (broad SMARTS) is 1. The fraction of sp³-hybridized carbons (Fsp3) is 0.750. The number of fused-ring (bicyclic) bond motifs is 2. The summed E-state index contributed by atoms with van der Waals surface area (Å²) in [7, 11) is 0. The van der Waals surface area contributed by atoms with Crippen LogP contribution in [0.4, 0.5) is 0 Å². The van der Waals surface area contributed by atoms with Gasteiger partial charge < -0.3 is 15.5 Å². The lowest BCUT2D eigenvalue weighted by Crippen LogP contribution is -2.43. The number of carboxylic acids is 1. The molecular weight excluding hydrogens is 270 g/mol. The second-order valence-electron chi connectivity index (χ2n) is 7.05. The Bertz CT molecular complexity index is 444. The van der Waals surface area contributed by atoms with Gasteiger partial charge in [0.1, 0.15) is 0 Å². The summed E-state index contributed by atoms with van der Waals surface area (Å²) in [5.41, 5.74) is -0.0927. The number of aliphatic hydroxyl groups is 1. The van der Waals surface area contributed by atoms with Crippen LogP contribution in [0.15, 0.2) is 12.2 Å². The lowest BCUT2D eigenvalue weighted by molar-refractivity contribution is -0.147. The SMILES string of the molecule is CC(C)(CCCO)CNC(=O)C1C2C=CC(C2)C1C(=O)O. The third kappa shape index (κ3) is 3.46. The summed E-state index contributed by atoms with van der Waals surface area (Å²) >= 11 is 0. The molecule has 2 aliphatic rings. The molecule has 3 N–H and O–H groups in total. The molecule has 1 amide bonds. The van der Waals surface area contributed by atoms with Crippen molar-refractivity contribution in [2.45, 2.75) is 33.1 Å². The van der Waals surface area contributed by atoms with Crippen LogP contribution < -0.4 is 5.32 Å². The number of hydrogen-bond donors (Lipinski definition) is 3. The molecule has 0 saturated heterocycles. The molecule has 0 aromatic rings. The first-order valence-corrected chi connectivity index (χ1v) is 7.65. The zero-order chi connectivity index (χ0) is 15.6. The van der Waals surface area contributed by atoms with Gasteiger partial charge in [0.05, 0.1) is 11.8 Å². The van der Waals surface area contributed by atoms with Crippen LogP contribution in [0, 0.1) is 29.1 Å². The number of aliphatic carboxylic acids is 1. The average Bonchev–Trinajstić information content (AvgIpc) is 3.03. The van der Waals surface area contributed by atoms with Crippen LogP contribution in [0.5, 0.6) is 0 Å². The van der Waals surface area contributed by atoms with Gasteiger partial charge in [-0.2, -0.15) is 0 Å². The van der Waals surface area contributed by atoms with E-state index in [1.54, 1.807) is 0 Å². The number of allylic oxidation sites excluding steroid dienone is 2. The Labute approximate surface area is 125 Å². The topological polar surface area (TPSA) is 86.6 Å². The normalized spacial score (nSPS) is 30.6. The molecule has 4 atom stereocenters. The van der Waals surface area contributed by atoms with E-state index in [4.69, 9.17) is 5.11 Å². The van der Waals surface area contributed by atoms with E-state index in [2.05, 4.69) is 5.32 Å². The molecule has 0 aliphatic heterocycles. The van der Waals surface area contributed by atoms with Crippen molar-refractivity contribution in [1.29, 1.82) is 0 Å². The Balaban J connectivity index is 1.94. The molecule has 21 heavy (non-hydrogen) atoms. The lowest BCUT2D eigenvalue weighted by atomic mass is 9.82. The Kier molecular flexibility index (Phi) is 4.71. The lowest BCUT2D eigenvalue weighted by Gasteiger charge is -2.28. The first-order valence-electron chi connectivity index (χ1n) is 7.65. The van der Waals surface area contributed by atoms with E-state index in [0.717, 1.165) is 12.8 Å². The van der Waals surface area contributed by atoms with Crippen molar-refractivity contribution < 1.29 is 19.8 Å². The zero-order valence-electron chi connectivity index (χ0n) is 12.7. The van der Waals surface area contributed by atoms with Gasteiger partial charge in [0.25, 0.3) is 0 Å². The summed E-state index contributed by atoms with van der Waals surface area (Å²) in [6, 6.07) is 0. The maximum Gasteiger partial charge on any atom is 0.307 e. The number of rotatable bonds is 7. The van der Waals surface area contributed by atoms with Crippen LogP contribution >= 0.6 is 0 Å². The first-order chi connectivity index (χ1) is 9.85. The van der Waals surface area contributed by atoms with Crippen LogP contribution in [0.2, 0.25) is 0 Å². The second-order valence-corrected chi connectivity index (χ2v) is 7.05. The maximum atomic E-state index is 12.4. The third-order valence-corrected chi connectivity index (χ3v) is 4.80. The van der Waals surface area contributed by atoms with E-state index >= 15 is 0 Å². The van der Waals surface area contributed by atoms with E-state index in [1.807, 2.05) is 26.0 Å².